The summed E-state index contributed by atoms with van der Waals surface area (Å²) in [5.74, 6) is 1.57. The van der Waals surface area contributed by atoms with Crippen molar-refractivity contribution < 1.29 is 4.74 Å². The van der Waals surface area contributed by atoms with Crippen molar-refractivity contribution in [1.29, 1.82) is 0 Å². The summed E-state index contributed by atoms with van der Waals surface area (Å²) >= 11 is 0. The van der Waals surface area contributed by atoms with Gasteiger partial charge in [0.15, 0.2) is 5.96 Å². The van der Waals surface area contributed by atoms with Crippen LogP contribution in [-0.2, 0) is 18.3 Å². The lowest BCUT2D eigenvalue weighted by atomic mass is 10.0. The fraction of sp³-hybridized carbons (Fsp3) is 0.417. The average Bonchev–Trinajstić information content (AvgIpc) is 3.22. The minimum Gasteiger partial charge on any atom is -0.374 e. The van der Waals surface area contributed by atoms with Crippen molar-refractivity contribution in [2.45, 2.75) is 33.4 Å². The van der Waals surface area contributed by atoms with Gasteiger partial charge in [0.25, 0.3) is 0 Å². The molecule has 1 aromatic carbocycles. The second-order valence-corrected chi connectivity index (χ2v) is 8.71. The highest BCUT2D eigenvalue weighted by molar-refractivity contribution is 5.78. The van der Waals surface area contributed by atoms with Crippen LogP contribution in [0.15, 0.2) is 47.8 Å². The largest absolute Gasteiger partial charge is 0.374 e. The predicted octanol–water partition coefficient (Wildman–Crippen LogP) is 3.10. The third-order valence-corrected chi connectivity index (χ3v) is 5.83. The van der Waals surface area contributed by atoms with Crippen molar-refractivity contribution in [3.8, 4) is 11.3 Å². The standard InChI is InChI=1S/C24H32N8O/c1-16(2)22-15-32(9-10-33-22)23(25)27-12-19-6-5-18(11-17(19)3)21-7-8-26-24(30-21)29-20-13-28-31(4)14-20/h5-8,11,13-14,16,22H,9-10,12,15H2,1-4H3,(H2,25,27)(H,26,29,30). The Morgan fingerprint density at radius 2 is 2.18 bits per heavy atom. The third kappa shape index (κ3) is 5.67. The van der Waals surface area contributed by atoms with E-state index in [-0.39, 0.29) is 6.10 Å². The second-order valence-electron chi connectivity index (χ2n) is 8.71. The zero-order valence-electron chi connectivity index (χ0n) is 19.7. The van der Waals surface area contributed by atoms with Crippen molar-refractivity contribution in [2.75, 3.05) is 25.0 Å². The van der Waals surface area contributed by atoms with E-state index in [4.69, 9.17) is 10.5 Å². The lowest BCUT2D eigenvalue weighted by Gasteiger charge is -2.35. The Hall–Kier alpha value is -3.46. The van der Waals surface area contributed by atoms with E-state index in [1.165, 1.54) is 0 Å². The van der Waals surface area contributed by atoms with Crippen LogP contribution >= 0.6 is 0 Å². The van der Waals surface area contributed by atoms with Crippen molar-refractivity contribution in [1.82, 2.24) is 24.6 Å². The Bertz CT molecular complexity index is 1120. The van der Waals surface area contributed by atoms with E-state index in [2.05, 4.69) is 69.2 Å². The molecule has 1 atom stereocenters. The molecule has 2 aromatic heterocycles. The molecule has 1 saturated heterocycles. The number of ether oxygens (including phenoxy) is 1. The van der Waals surface area contributed by atoms with E-state index < -0.39 is 0 Å². The third-order valence-electron chi connectivity index (χ3n) is 5.83. The van der Waals surface area contributed by atoms with Gasteiger partial charge in [-0.25, -0.2) is 15.0 Å². The lowest BCUT2D eigenvalue weighted by Crippen LogP contribution is -2.50. The van der Waals surface area contributed by atoms with Crippen molar-refractivity contribution >= 4 is 17.6 Å². The first-order valence-electron chi connectivity index (χ1n) is 11.2. The molecule has 1 fully saturated rings. The van der Waals surface area contributed by atoms with Crippen LogP contribution in [0.3, 0.4) is 0 Å². The first kappa shape index (κ1) is 22.7. The van der Waals surface area contributed by atoms with E-state index in [1.807, 2.05) is 19.3 Å². The zero-order valence-corrected chi connectivity index (χ0v) is 19.7. The Balaban J connectivity index is 1.44. The number of benzene rings is 1. The van der Waals surface area contributed by atoms with E-state index in [0.29, 0.717) is 31.0 Å². The molecular formula is C24H32N8O. The van der Waals surface area contributed by atoms with Gasteiger partial charge in [-0.3, -0.25) is 4.68 Å². The van der Waals surface area contributed by atoms with Crippen molar-refractivity contribution in [3.63, 3.8) is 0 Å². The Kier molecular flexibility index (Phi) is 6.88. The molecule has 1 aliphatic rings. The molecule has 4 rings (SSSR count). The molecule has 0 bridgehead atoms. The Morgan fingerprint density at radius 1 is 1.33 bits per heavy atom. The Labute approximate surface area is 194 Å². The smallest absolute Gasteiger partial charge is 0.227 e. The number of aliphatic imine (C=N–C) groups is 1. The monoisotopic (exact) mass is 448 g/mol. The molecule has 0 amide bonds. The van der Waals surface area contributed by atoms with Gasteiger partial charge in [-0.1, -0.05) is 26.0 Å². The second kappa shape index (κ2) is 9.99. The number of guanidine groups is 1. The van der Waals surface area contributed by atoms with Crippen molar-refractivity contribution in [3.05, 3.63) is 54.0 Å². The van der Waals surface area contributed by atoms with Crippen LogP contribution < -0.4 is 11.1 Å². The fourth-order valence-corrected chi connectivity index (χ4v) is 3.78. The summed E-state index contributed by atoms with van der Waals surface area (Å²) < 4.78 is 7.56. The zero-order chi connectivity index (χ0) is 23.4. The number of aryl methyl sites for hydroxylation is 2. The fourth-order valence-electron chi connectivity index (χ4n) is 3.78. The summed E-state index contributed by atoms with van der Waals surface area (Å²) in [6.07, 6.45) is 5.56. The van der Waals surface area contributed by atoms with Crippen LogP contribution in [0.4, 0.5) is 11.6 Å². The van der Waals surface area contributed by atoms with Gasteiger partial charge in [0.05, 0.1) is 36.8 Å². The molecule has 1 unspecified atom stereocenters. The molecule has 174 valence electrons. The van der Waals surface area contributed by atoms with Gasteiger partial charge in [0.1, 0.15) is 0 Å². The molecule has 1 aliphatic heterocycles. The van der Waals surface area contributed by atoms with Crippen LogP contribution in [0.2, 0.25) is 0 Å². The highest BCUT2D eigenvalue weighted by Crippen LogP contribution is 2.23. The molecule has 0 radical (unpaired) electrons. The average molecular weight is 449 g/mol. The summed E-state index contributed by atoms with van der Waals surface area (Å²) in [5, 5.41) is 7.34. The van der Waals surface area contributed by atoms with E-state index in [9.17, 15) is 0 Å². The number of rotatable bonds is 6. The maximum Gasteiger partial charge on any atom is 0.227 e. The molecule has 33 heavy (non-hydrogen) atoms. The lowest BCUT2D eigenvalue weighted by molar-refractivity contribution is -0.0306. The van der Waals surface area contributed by atoms with Crippen LogP contribution in [-0.4, -0.2) is 56.4 Å². The van der Waals surface area contributed by atoms with Crippen molar-refractivity contribution in [2.24, 2.45) is 23.7 Å². The SMILES string of the molecule is Cc1cc(-c2ccnc(Nc3cnn(C)c3)n2)ccc1CN=C(N)N1CCOC(C(C)C)C1. The number of nitrogens with zero attached hydrogens (tertiary/aromatic N) is 6. The molecular weight excluding hydrogens is 416 g/mol. The summed E-state index contributed by atoms with van der Waals surface area (Å²) in [4.78, 5) is 15.7. The topological polar surface area (TPSA) is 106 Å². The number of nitrogens with two attached hydrogens (primary N) is 1. The maximum absolute atomic E-state index is 6.30. The summed E-state index contributed by atoms with van der Waals surface area (Å²) in [7, 11) is 1.87. The number of aromatic nitrogens is 4. The quantitative estimate of drug-likeness (QED) is 0.441. The van der Waals surface area contributed by atoms with Gasteiger partial charge < -0.3 is 20.7 Å². The van der Waals surface area contributed by atoms with Crippen LogP contribution in [0.25, 0.3) is 11.3 Å². The molecule has 9 heteroatoms. The molecule has 3 N–H and O–H groups in total. The van der Waals surface area contributed by atoms with Gasteiger partial charge >= 0.3 is 0 Å². The van der Waals surface area contributed by atoms with Gasteiger partial charge in [0.2, 0.25) is 5.95 Å². The Morgan fingerprint density at radius 3 is 2.91 bits per heavy atom. The van der Waals surface area contributed by atoms with E-state index in [1.54, 1.807) is 17.1 Å². The predicted molar refractivity (Wildman–Crippen MR) is 130 cm³/mol. The van der Waals surface area contributed by atoms with E-state index >= 15 is 0 Å². The highest BCUT2D eigenvalue weighted by Gasteiger charge is 2.24. The number of anilines is 2. The van der Waals surface area contributed by atoms with E-state index in [0.717, 1.165) is 41.2 Å². The minimum atomic E-state index is 0.193. The van der Waals surface area contributed by atoms with Crippen LogP contribution in [0, 0.1) is 12.8 Å². The molecule has 0 spiro atoms. The first-order chi connectivity index (χ1) is 15.9. The van der Waals surface area contributed by atoms with Gasteiger partial charge in [-0.05, 0) is 36.1 Å². The van der Waals surface area contributed by atoms with Gasteiger partial charge in [-0.2, -0.15) is 5.10 Å². The minimum absolute atomic E-state index is 0.193. The summed E-state index contributed by atoms with van der Waals surface area (Å²) in [6, 6.07) is 8.19. The maximum atomic E-state index is 6.30. The molecule has 3 heterocycles. The normalized spacial score (nSPS) is 16.9. The number of nitrogens with one attached hydrogen (secondary N) is 1. The van der Waals surface area contributed by atoms with Gasteiger partial charge in [0, 0.05) is 38.1 Å². The number of hydrogen-bond acceptors (Lipinski definition) is 6. The highest BCUT2D eigenvalue weighted by atomic mass is 16.5. The molecule has 9 nitrogen and oxygen atoms in total. The summed E-state index contributed by atoms with van der Waals surface area (Å²) in [6.45, 7) is 9.21. The number of hydrogen-bond donors (Lipinski definition) is 2. The molecule has 3 aromatic rings. The van der Waals surface area contributed by atoms with Crippen LogP contribution in [0.1, 0.15) is 25.0 Å². The molecule has 0 aliphatic carbocycles. The molecule has 0 saturated carbocycles. The first-order valence-corrected chi connectivity index (χ1v) is 11.2. The van der Waals surface area contributed by atoms with Crippen LogP contribution in [0.5, 0.6) is 0 Å². The number of morpholine rings is 1. The summed E-state index contributed by atoms with van der Waals surface area (Å²) in [5.41, 5.74) is 11.3. The van der Waals surface area contributed by atoms with Gasteiger partial charge in [-0.15, -0.1) is 0 Å².